The smallest absolute Gasteiger partial charge is 0.308 e. The van der Waals surface area contributed by atoms with Crippen LogP contribution < -0.4 is 4.74 Å². The van der Waals surface area contributed by atoms with Crippen molar-refractivity contribution in [3.05, 3.63) is 90.0 Å². The average molecular weight is 349 g/mol. The second-order valence-corrected chi connectivity index (χ2v) is 4.57. The fourth-order valence-corrected chi connectivity index (χ4v) is 1.91. The number of allylic oxidation sites excluding steroid dienone is 5. The number of aliphatic hydroxyl groups excluding tert-OH is 1. The zero-order chi connectivity index (χ0) is 15.8. The Kier molecular flexibility index (Phi) is 7.75. The van der Waals surface area contributed by atoms with Gasteiger partial charge in [-0.05, 0) is 12.1 Å². The van der Waals surface area contributed by atoms with Gasteiger partial charge in [-0.25, -0.2) is 12.1 Å². The van der Waals surface area contributed by atoms with Gasteiger partial charge in [-0.2, -0.15) is 18.2 Å². The largest absolute Gasteiger partial charge is 0.507 e. The molecule has 23 heavy (non-hydrogen) atoms. The average Bonchev–Trinajstić information content (AvgIpc) is 3.22. The van der Waals surface area contributed by atoms with Crippen LogP contribution in [0, 0.1) is 0 Å². The third-order valence-electron chi connectivity index (χ3n) is 2.89. The molecule has 0 heterocycles. The van der Waals surface area contributed by atoms with Crippen molar-refractivity contribution in [1.29, 1.82) is 0 Å². The molecule has 1 aliphatic carbocycles. The van der Waals surface area contributed by atoms with Crippen molar-refractivity contribution in [2.45, 2.75) is 6.92 Å². The molecule has 0 radical (unpaired) electrons. The van der Waals surface area contributed by atoms with Crippen LogP contribution in [0.25, 0.3) is 5.76 Å². The van der Waals surface area contributed by atoms with Crippen LogP contribution in [0.4, 0.5) is 0 Å². The van der Waals surface area contributed by atoms with Crippen molar-refractivity contribution in [2.75, 3.05) is 0 Å². The molecule has 0 bridgehead atoms. The molecule has 0 saturated carbocycles. The minimum Gasteiger partial charge on any atom is -0.507 e. The molecule has 0 aliphatic heterocycles. The standard InChI is InChI=1S/C14H12O3.C5H5.Fe/c1-10(15)17-13-9-5-4-8-12(13)14(16)11-6-2-3-7-11;1-2-4-5-3-1;/h2-9,16H,1H3;1-5H;/q;-1;. The summed E-state index contributed by atoms with van der Waals surface area (Å²) in [5.74, 6) is 0.0540. The first kappa shape index (κ1) is 18.6. The zero-order valence-corrected chi connectivity index (χ0v) is 13.7. The van der Waals surface area contributed by atoms with Crippen LogP contribution in [-0.4, -0.2) is 11.1 Å². The molecule has 0 fully saturated rings. The fraction of sp³-hybridized carbons (Fsp3) is 0.0526. The van der Waals surface area contributed by atoms with Crippen molar-refractivity contribution >= 4 is 11.7 Å². The number of benzene rings is 1. The van der Waals surface area contributed by atoms with E-state index in [0.29, 0.717) is 16.9 Å². The normalized spacial score (nSPS) is 11.3. The summed E-state index contributed by atoms with van der Waals surface area (Å²) in [5, 5.41) is 10.1. The Balaban J connectivity index is 0.000000377. The molecule has 120 valence electrons. The topological polar surface area (TPSA) is 46.5 Å². The summed E-state index contributed by atoms with van der Waals surface area (Å²) in [7, 11) is 0. The minimum atomic E-state index is -0.409. The number of aliphatic hydroxyl groups is 1. The first-order valence-electron chi connectivity index (χ1n) is 6.91. The van der Waals surface area contributed by atoms with Gasteiger partial charge in [0.25, 0.3) is 0 Å². The van der Waals surface area contributed by atoms with Crippen molar-refractivity contribution in [2.24, 2.45) is 0 Å². The molecular formula is C19H17FeO3-. The van der Waals surface area contributed by atoms with Gasteiger partial charge in [0.05, 0.1) is 5.56 Å². The summed E-state index contributed by atoms with van der Waals surface area (Å²) >= 11 is 0. The number of ether oxygens (including phenoxy) is 1. The van der Waals surface area contributed by atoms with E-state index in [-0.39, 0.29) is 22.8 Å². The second kappa shape index (κ2) is 9.57. The van der Waals surface area contributed by atoms with Gasteiger partial charge in [-0.1, -0.05) is 36.4 Å². The molecule has 0 atom stereocenters. The summed E-state index contributed by atoms with van der Waals surface area (Å²) in [6.45, 7) is 1.33. The van der Waals surface area contributed by atoms with E-state index in [9.17, 15) is 9.90 Å². The molecule has 2 aromatic carbocycles. The van der Waals surface area contributed by atoms with E-state index >= 15 is 0 Å². The molecule has 0 aromatic heterocycles. The minimum absolute atomic E-state index is 0. The van der Waals surface area contributed by atoms with Crippen LogP contribution in [0.3, 0.4) is 0 Å². The predicted octanol–water partition coefficient (Wildman–Crippen LogP) is 4.41. The Labute approximate surface area is 146 Å². The molecule has 3 nitrogen and oxygen atoms in total. The van der Waals surface area contributed by atoms with Gasteiger partial charge in [-0.3, -0.25) is 4.79 Å². The maximum atomic E-state index is 11.0. The van der Waals surface area contributed by atoms with E-state index in [2.05, 4.69) is 0 Å². The number of para-hydroxylation sites is 1. The van der Waals surface area contributed by atoms with Gasteiger partial charge in [0.2, 0.25) is 0 Å². The van der Waals surface area contributed by atoms with Gasteiger partial charge in [0.15, 0.2) is 0 Å². The first-order valence-corrected chi connectivity index (χ1v) is 6.91. The summed E-state index contributed by atoms with van der Waals surface area (Å²) in [6.07, 6.45) is 7.25. The van der Waals surface area contributed by atoms with Gasteiger partial charge in [0, 0.05) is 29.6 Å². The molecule has 3 rings (SSSR count). The number of carbonyl (C=O) groups is 1. The van der Waals surface area contributed by atoms with Crippen molar-refractivity contribution in [3.63, 3.8) is 0 Å². The van der Waals surface area contributed by atoms with Gasteiger partial charge < -0.3 is 9.84 Å². The third kappa shape index (κ3) is 5.70. The van der Waals surface area contributed by atoms with Crippen LogP contribution in [0.5, 0.6) is 5.75 Å². The molecule has 0 spiro atoms. The number of carbonyl (C=O) groups excluding carboxylic acids is 1. The van der Waals surface area contributed by atoms with Crippen LogP contribution in [0.1, 0.15) is 12.5 Å². The Hall–Kier alpha value is -2.42. The molecule has 0 amide bonds. The Morgan fingerprint density at radius 3 is 2.17 bits per heavy atom. The Morgan fingerprint density at radius 2 is 1.65 bits per heavy atom. The maximum absolute atomic E-state index is 11.0. The maximum Gasteiger partial charge on any atom is 0.308 e. The fourth-order valence-electron chi connectivity index (χ4n) is 1.91. The van der Waals surface area contributed by atoms with Gasteiger partial charge in [-0.15, -0.1) is 0 Å². The van der Waals surface area contributed by atoms with E-state index < -0.39 is 5.97 Å². The molecule has 0 unspecified atom stereocenters. The van der Waals surface area contributed by atoms with E-state index in [1.54, 1.807) is 36.4 Å². The Morgan fingerprint density at radius 1 is 1.04 bits per heavy atom. The van der Waals surface area contributed by atoms with E-state index in [1.165, 1.54) is 6.92 Å². The van der Waals surface area contributed by atoms with Crippen LogP contribution >= 0.6 is 0 Å². The second-order valence-electron chi connectivity index (χ2n) is 4.57. The van der Waals surface area contributed by atoms with Crippen LogP contribution in [0.2, 0.25) is 0 Å². The molecular weight excluding hydrogens is 332 g/mol. The molecule has 4 heteroatoms. The molecule has 0 saturated heterocycles. The molecule has 1 aliphatic rings. The van der Waals surface area contributed by atoms with Crippen LogP contribution in [-0.2, 0) is 21.9 Å². The number of esters is 1. The quantitative estimate of drug-likeness (QED) is 0.287. The van der Waals surface area contributed by atoms with Crippen LogP contribution in [0.15, 0.2) is 84.5 Å². The molecule has 1 N–H and O–H groups in total. The molecule has 2 aromatic rings. The van der Waals surface area contributed by atoms with Crippen molar-refractivity contribution < 1.29 is 31.7 Å². The van der Waals surface area contributed by atoms with Crippen molar-refractivity contribution in [3.8, 4) is 5.75 Å². The first-order chi connectivity index (χ1) is 10.7. The third-order valence-corrected chi connectivity index (χ3v) is 2.89. The monoisotopic (exact) mass is 349 g/mol. The number of hydrogen-bond donors (Lipinski definition) is 1. The predicted molar refractivity (Wildman–Crippen MR) is 87.6 cm³/mol. The van der Waals surface area contributed by atoms with Gasteiger partial charge in [0.1, 0.15) is 11.5 Å². The summed E-state index contributed by atoms with van der Waals surface area (Å²) in [4.78, 5) is 11.0. The van der Waals surface area contributed by atoms with E-state index in [4.69, 9.17) is 4.74 Å². The zero-order valence-electron chi connectivity index (χ0n) is 12.6. The SMILES string of the molecule is CC(=O)Oc1ccccc1C(O)=C1C=CC=C1.[Fe].c1cc[cH-]c1. The van der Waals surface area contributed by atoms with E-state index in [1.807, 2.05) is 42.5 Å². The summed E-state index contributed by atoms with van der Waals surface area (Å²) in [6, 6.07) is 16.9. The summed E-state index contributed by atoms with van der Waals surface area (Å²) < 4.78 is 5.04. The number of hydrogen-bond acceptors (Lipinski definition) is 3. The Bertz CT molecular complexity index is 679. The van der Waals surface area contributed by atoms with E-state index in [0.717, 1.165) is 0 Å². The summed E-state index contributed by atoms with van der Waals surface area (Å²) in [5.41, 5.74) is 1.21. The van der Waals surface area contributed by atoms with Gasteiger partial charge >= 0.3 is 5.97 Å². The van der Waals surface area contributed by atoms with Crippen molar-refractivity contribution in [1.82, 2.24) is 0 Å². The number of rotatable bonds is 2.